The first-order valence-electron chi connectivity index (χ1n) is 9.68. The second-order valence-corrected chi connectivity index (χ2v) is 12.6. The molecule has 0 aliphatic heterocycles. The van der Waals surface area contributed by atoms with Gasteiger partial charge in [-0.15, -0.1) is 33.2 Å². The molecule has 0 heterocycles. The Kier molecular flexibility index (Phi) is 26.7. The van der Waals surface area contributed by atoms with Gasteiger partial charge in [-0.1, -0.05) is 70.4 Å². The standard InChI is InChI=1S/C19H36O2.Cl3HSi/c1-3-4-5-6-7-8-9-10-11-12-13-14-15-16-17-18-19(20)21-2;1-4(2)3/h10-11H,3-9,12-18H2,1-2H3;4H/b11-10-;. The summed E-state index contributed by atoms with van der Waals surface area (Å²) in [5, 5.41) is 0. The van der Waals surface area contributed by atoms with Crippen LogP contribution in [0, 0.1) is 0 Å². The van der Waals surface area contributed by atoms with E-state index in [4.69, 9.17) is 33.2 Å². The SMILES string of the molecule is CCCCCCCC/C=C\CCCCCCCC(=O)OC.Cl[SiH](Cl)Cl. The molecular weight excluding hydrogens is 395 g/mol. The molecule has 2 nitrogen and oxygen atoms in total. The molecule has 0 atom stereocenters. The van der Waals surface area contributed by atoms with Crippen LogP contribution in [0.5, 0.6) is 0 Å². The van der Waals surface area contributed by atoms with Crippen molar-refractivity contribution in [1.82, 2.24) is 0 Å². The first-order chi connectivity index (χ1) is 12.0. The van der Waals surface area contributed by atoms with Crippen LogP contribution in [-0.2, 0) is 9.53 Å². The van der Waals surface area contributed by atoms with Crippen molar-refractivity contribution in [1.29, 1.82) is 0 Å². The van der Waals surface area contributed by atoms with E-state index in [2.05, 4.69) is 23.8 Å². The highest BCUT2D eigenvalue weighted by molar-refractivity contribution is 7.54. The van der Waals surface area contributed by atoms with Crippen molar-refractivity contribution < 1.29 is 9.53 Å². The smallest absolute Gasteiger partial charge is 0.326 e. The lowest BCUT2D eigenvalue weighted by atomic mass is 10.1. The summed E-state index contributed by atoms with van der Waals surface area (Å²) in [4.78, 5) is 10.9. The largest absolute Gasteiger partial charge is 0.469 e. The van der Waals surface area contributed by atoms with E-state index < -0.39 is 6.73 Å². The topological polar surface area (TPSA) is 26.3 Å². The molecule has 150 valence electrons. The van der Waals surface area contributed by atoms with Crippen LogP contribution in [-0.4, -0.2) is 19.8 Å². The minimum absolute atomic E-state index is 0.0763. The summed E-state index contributed by atoms with van der Waals surface area (Å²) >= 11 is 14.8. The van der Waals surface area contributed by atoms with Gasteiger partial charge in [0.15, 0.2) is 0 Å². The predicted molar refractivity (Wildman–Crippen MR) is 116 cm³/mol. The number of unbranched alkanes of at least 4 members (excludes halogenated alkanes) is 11. The highest BCUT2D eigenvalue weighted by Gasteiger charge is 1.98. The molecule has 0 fully saturated rings. The lowest BCUT2D eigenvalue weighted by Crippen LogP contribution is -1.98. The second-order valence-electron chi connectivity index (χ2n) is 6.16. The van der Waals surface area contributed by atoms with Gasteiger partial charge in [-0.25, -0.2) is 0 Å². The van der Waals surface area contributed by atoms with Crippen LogP contribution in [0.3, 0.4) is 0 Å². The molecule has 0 aromatic heterocycles. The summed E-state index contributed by atoms with van der Waals surface area (Å²) in [5.41, 5.74) is 0. The van der Waals surface area contributed by atoms with Crippen LogP contribution in [0.1, 0.15) is 96.8 Å². The Morgan fingerprint density at radius 1 is 0.800 bits per heavy atom. The van der Waals surface area contributed by atoms with Gasteiger partial charge in [0, 0.05) is 6.42 Å². The summed E-state index contributed by atoms with van der Waals surface area (Å²) in [7, 11) is 1.46. The first kappa shape index (κ1) is 27.5. The summed E-state index contributed by atoms with van der Waals surface area (Å²) < 4.78 is 4.62. The lowest BCUT2D eigenvalue weighted by Gasteiger charge is -2.00. The Morgan fingerprint density at radius 3 is 1.64 bits per heavy atom. The molecule has 0 saturated heterocycles. The molecule has 0 rings (SSSR count). The van der Waals surface area contributed by atoms with Gasteiger partial charge in [0.2, 0.25) is 0 Å². The molecular formula is C19H37Cl3O2Si. The van der Waals surface area contributed by atoms with E-state index in [0.717, 1.165) is 12.8 Å². The normalized spacial score (nSPS) is 10.8. The number of halogens is 3. The number of carbonyl (C=O) groups is 1. The van der Waals surface area contributed by atoms with E-state index in [9.17, 15) is 4.79 Å². The average Bonchev–Trinajstić information content (AvgIpc) is 2.57. The maximum Gasteiger partial charge on any atom is 0.326 e. The van der Waals surface area contributed by atoms with E-state index in [1.165, 1.54) is 77.7 Å². The maximum absolute atomic E-state index is 10.9. The number of rotatable bonds is 15. The maximum atomic E-state index is 10.9. The van der Waals surface area contributed by atoms with Gasteiger partial charge in [0.05, 0.1) is 7.11 Å². The number of hydrogen-bond acceptors (Lipinski definition) is 2. The second kappa shape index (κ2) is 24.3. The number of allylic oxidation sites excluding steroid dienone is 2. The fourth-order valence-corrected chi connectivity index (χ4v) is 2.44. The molecule has 0 spiro atoms. The van der Waals surface area contributed by atoms with Gasteiger partial charge < -0.3 is 4.74 Å². The Bertz CT molecular complexity index is 298. The summed E-state index contributed by atoms with van der Waals surface area (Å²) in [6, 6.07) is 0. The van der Waals surface area contributed by atoms with Crippen molar-refractivity contribution in [2.45, 2.75) is 96.8 Å². The summed E-state index contributed by atoms with van der Waals surface area (Å²) in [6.45, 7) is 0.544. The molecule has 6 heteroatoms. The van der Waals surface area contributed by atoms with Crippen molar-refractivity contribution in [2.75, 3.05) is 7.11 Å². The molecule has 0 bridgehead atoms. The molecule has 0 unspecified atom stereocenters. The predicted octanol–water partition coefficient (Wildman–Crippen LogP) is 7.62. The van der Waals surface area contributed by atoms with Crippen molar-refractivity contribution in [2.24, 2.45) is 0 Å². The number of carbonyl (C=O) groups excluding carboxylic acids is 1. The monoisotopic (exact) mass is 430 g/mol. The molecule has 0 aromatic rings. The van der Waals surface area contributed by atoms with Crippen LogP contribution >= 0.6 is 33.2 Å². The molecule has 0 N–H and O–H groups in total. The lowest BCUT2D eigenvalue weighted by molar-refractivity contribution is -0.140. The zero-order chi connectivity index (χ0) is 19.2. The van der Waals surface area contributed by atoms with Gasteiger partial charge in [-0.05, 0) is 32.1 Å². The minimum Gasteiger partial charge on any atom is -0.469 e. The van der Waals surface area contributed by atoms with Gasteiger partial charge in [-0.3, -0.25) is 4.79 Å². The van der Waals surface area contributed by atoms with Gasteiger partial charge >= 0.3 is 12.7 Å². The number of esters is 1. The van der Waals surface area contributed by atoms with Crippen LogP contribution < -0.4 is 0 Å². The first-order valence-corrected chi connectivity index (χ1v) is 14.9. The number of ether oxygens (including phenoxy) is 1. The molecule has 25 heavy (non-hydrogen) atoms. The van der Waals surface area contributed by atoms with Crippen LogP contribution in [0.25, 0.3) is 0 Å². The summed E-state index contributed by atoms with van der Waals surface area (Å²) in [5.74, 6) is -0.0763. The number of hydrogen-bond donors (Lipinski definition) is 0. The van der Waals surface area contributed by atoms with Crippen LogP contribution in [0.2, 0.25) is 0 Å². The Labute approximate surface area is 171 Å². The molecule has 0 radical (unpaired) electrons. The van der Waals surface area contributed by atoms with E-state index in [0.29, 0.717) is 6.42 Å². The highest BCUT2D eigenvalue weighted by atomic mass is 35.8. The highest BCUT2D eigenvalue weighted by Crippen LogP contribution is 2.10. The third kappa shape index (κ3) is 32.4. The van der Waals surface area contributed by atoms with Crippen molar-refractivity contribution in [3.63, 3.8) is 0 Å². The fraction of sp³-hybridized carbons (Fsp3) is 0.842. The van der Waals surface area contributed by atoms with Crippen molar-refractivity contribution >= 4 is 45.9 Å². The van der Waals surface area contributed by atoms with E-state index >= 15 is 0 Å². The van der Waals surface area contributed by atoms with Crippen LogP contribution in [0.4, 0.5) is 0 Å². The van der Waals surface area contributed by atoms with Crippen molar-refractivity contribution in [3.8, 4) is 0 Å². The Morgan fingerprint density at radius 2 is 1.20 bits per heavy atom. The van der Waals surface area contributed by atoms with E-state index in [1.807, 2.05) is 0 Å². The zero-order valence-electron chi connectivity index (χ0n) is 16.1. The molecule has 0 aliphatic rings. The zero-order valence-corrected chi connectivity index (χ0v) is 19.5. The van der Waals surface area contributed by atoms with Crippen LogP contribution in [0.15, 0.2) is 12.2 Å². The Hall–Kier alpha value is 0.297. The third-order valence-corrected chi connectivity index (χ3v) is 3.87. The quantitative estimate of drug-likeness (QED) is 0.0876. The van der Waals surface area contributed by atoms with Gasteiger partial charge in [-0.2, -0.15) is 0 Å². The molecule has 0 amide bonds. The molecule has 0 saturated carbocycles. The minimum atomic E-state index is -1.72. The van der Waals surface area contributed by atoms with Gasteiger partial charge in [0.25, 0.3) is 0 Å². The molecule has 0 aromatic carbocycles. The van der Waals surface area contributed by atoms with E-state index in [-0.39, 0.29) is 5.97 Å². The number of methoxy groups -OCH3 is 1. The third-order valence-electron chi connectivity index (χ3n) is 3.87. The van der Waals surface area contributed by atoms with Gasteiger partial charge in [0.1, 0.15) is 0 Å². The Balaban J connectivity index is 0. The van der Waals surface area contributed by atoms with E-state index in [1.54, 1.807) is 0 Å². The fourth-order valence-electron chi connectivity index (χ4n) is 2.44. The molecule has 0 aliphatic carbocycles. The summed E-state index contributed by atoms with van der Waals surface area (Å²) in [6.07, 6.45) is 22.0. The average molecular weight is 432 g/mol. The van der Waals surface area contributed by atoms with Crippen molar-refractivity contribution in [3.05, 3.63) is 12.2 Å².